The van der Waals surface area contributed by atoms with Gasteiger partial charge in [-0.25, -0.2) is 9.97 Å². The minimum Gasteiger partial charge on any atom is -0.395 e. The Labute approximate surface area is 99.8 Å². The molecule has 0 unspecified atom stereocenters. The number of aryl methyl sites for hydroxylation is 1. The van der Waals surface area contributed by atoms with Gasteiger partial charge in [0.1, 0.15) is 5.82 Å². The zero-order chi connectivity index (χ0) is 11.9. The first kappa shape index (κ1) is 10.5. The van der Waals surface area contributed by atoms with E-state index in [1.165, 1.54) is 0 Å². The third-order valence-corrected chi connectivity index (χ3v) is 3.36. The molecule has 1 aliphatic rings. The molecule has 0 bridgehead atoms. The predicted octanol–water partition coefficient (Wildman–Crippen LogP) is 1.80. The molecule has 0 spiro atoms. The van der Waals surface area contributed by atoms with Crippen molar-refractivity contribution < 1.29 is 5.11 Å². The van der Waals surface area contributed by atoms with Crippen LogP contribution in [-0.4, -0.2) is 26.7 Å². The van der Waals surface area contributed by atoms with E-state index in [-0.39, 0.29) is 12.0 Å². The number of aliphatic hydroxyl groups excluding tert-OH is 1. The Kier molecular flexibility index (Phi) is 2.26. The topological polar surface area (TPSA) is 61.8 Å². The highest BCUT2D eigenvalue weighted by molar-refractivity contribution is 5.54. The van der Waals surface area contributed by atoms with Crippen LogP contribution in [0.1, 0.15) is 24.4 Å². The van der Waals surface area contributed by atoms with Crippen LogP contribution >= 0.6 is 0 Å². The lowest BCUT2D eigenvalue weighted by atomic mass is 10.1. The highest BCUT2D eigenvalue weighted by atomic mass is 16.3. The summed E-state index contributed by atoms with van der Waals surface area (Å²) in [4.78, 5) is 12.2. The van der Waals surface area contributed by atoms with Gasteiger partial charge in [-0.2, -0.15) is 0 Å². The van der Waals surface area contributed by atoms with Crippen molar-refractivity contribution in [3.63, 3.8) is 0 Å². The monoisotopic (exact) mass is 229 g/mol. The van der Waals surface area contributed by atoms with E-state index in [1.54, 1.807) is 0 Å². The van der Waals surface area contributed by atoms with E-state index in [0.29, 0.717) is 0 Å². The molecule has 2 aromatic heterocycles. The number of H-pyrrole nitrogens is 1. The summed E-state index contributed by atoms with van der Waals surface area (Å²) in [6.45, 7) is 2.10. The maximum atomic E-state index is 9.43. The second-order valence-corrected chi connectivity index (χ2v) is 4.74. The minimum absolute atomic E-state index is 0.140. The Morgan fingerprint density at radius 3 is 2.82 bits per heavy atom. The first-order valence-electron chi connectivity index (χ1n) is 5.84. The SMILES string of the molecule is Cc1cc(-c2ccc[nH]2)nc(C2(CO)CC2)n1. The Morgan fingerprint density at radius 1 is 1.41 bits per heavy atom. The van der Waals surface area contributed by atoms with Gasteiger partial charge in [0, 0.05) is 11.9 Å². The fourth-order valence-electron chi connectivity index (χ4n) is 2.04. The molecule has 1 fully saturated rings. The van der Waals surface area contributed by atoms with Crippen LogP contribution in [0, 0.1) is 6.92 Å². The number of aromatic amines is 1. The first-order chi connectivity index (χ1) is 8.23. The molecule has 4 nitrogen and oxygen atoms in total. The number of aliphatic hydroxyl groups is 1. The van der Waals surface area contributed by atoms with E-state index in [2.05, 4.69) is 15.0 Å². The number of hydrogen-bond donors (Lipinski definition) is 2. The van der Waals surface area contributed by atoms with E-state index in [9.17, 15) is 5.11 Å². The summed E-state index contributed by atoms with van der Waals surface area (Å²) in [5.74, 6) is 0.782. The second-order valence-electron chi connectivity index (χ2n) is 4.74. The van der Waals surface area contributed by atoms with Crippen molar-refractivity contribution in [2.75, 3.05) is 6.61 Å². The molecule has 2 aromatic rings. The summed E-state index contributed by atoms with van der Waals surface area (Å²) in [7, 11) is 0. The number of nitrogens with zero attached hydrogens (tertiary/aromatic N) is 2. The molecule has 0 saturated heterocycles. The van der Waals surface area contributed by atoms with Crippen LogP contribution in [0.4, 0.5) is 0 Å². The van der Waals surface area contributed by atoms with Crippen LogP contribution in [0.3, 0.4) is 0 Å². The Balaban J connectivity index is 2.07. The lowest BCUT2D eigenvalue weighted by Crippen LogP contribution is -2.17. The number of nitrogens with one attached hydrogen (secondary N) is 1. The predicted molar refractivity (Wildman–Crippen MR) is 64.6 cm³/mol. The zero-order valence-electron chi connectivity index (χ0n) is 9.77. The van der Waals surface area contributed by atoms with E-state index in [1.807, 2.05) is 31.3 Å². The summed E-state index contributed by atoms with van der Waals surface area (Å²) in [5.41, 5.74) is 2.66. The van der Waals surface area contributed by atoms with Crippen molar-refractivity contribution in [1.29, 1.82) is 0 Å². The number of aromatic nitrogens is 3. The van der Waals surface area contributed by atoms with Crippen molar-refractivity contribution in [1.82, 2.24) is 15.0 Å². The largest absolute Gasteiger partial charge is 0.395 e. The van der Waals surface area contributed by atoms with Crippen molar-refractivity contribution in [3.05, 3.63) is 35.9 Å². The second kappa shape index (κ2) is 3.67. The molecule has 0 aromatic carbocycles. The zero-order valence-corrected chi connectivity index (χ0v) is 9.77. The van der Waals surface area contributed by atoms with E-state index < -0.39 is 0 Å². The van der Waals surface area contributed by atoms with Gasteiger partial charge in [0.25, 0.3) is 0 Å². The molecule has 17 heavy (non-hydrogen) atoms. The van der Waals surface area contributed by atoms with Gasteiger partial charge in [0.05, 0.1) is 23.4 Å². The molecule has 3 rings (SSSR count). The lowest BCUT2D eigenvalue weighted by molar-refractivity contribution is 0.249. The molecule has 88 valence electrons. The fourth-order valence-corrected chi connectivity index (χ4v) is 2.04. The normalized spacial score (nSPS) is 17.1. The molecule has 2 heterocycles. The van der Waals surface area contributed by atoms with Crippen LogP contribution in [0.5, 0.6) is 0 Å². The third-order valence-electron chi connectivity index (χ3n) is 3.36. The third kappa shape index (κ3) is 1.74. The number of hydrogen-bond acceptors (Lipinski definition) is 3. The van der Waals surface area contributed by atoms with Gasteiger partial charge in [-0.05, 0) is 38.0 Å². The van der Waals surface area contributed by atoms with Gasteiger partial charge in [-0.1, -0.05) is 0 Å². The quantitative estimate of drug-likeness (QED) is 0.843. The number of rotatable bonds is 3. The minimum atomic E-state index is -0.173. The molecular weight excluding hydrogens is 214 g/mol. The molecule has 1 aliphatic carbocycles. The van der Waals surface area contributed by atoms with Crippen molar-refractivity contribution >= 4 is 0 Å². The Morgan fingerprint density at radius 2 is 2.24 bits per heavy atom. The average molecular weight is 229 g/mol. The maximum absolute atomic E-state index is 9.43. The van der Waals surface area contributed by atoms with Gasteiger partial charge < -0.3 is 10.1 Å². The molecule has 0 amide bonds. The Bertz CT molecular complexity index is 530. The molecule has 0 radical (unpaired) electrons. The molecule has 4 heteroatoms. The van der Waals surface area contributed by atoms with E-state index in [4.69, 9.17) is 0 Å². The van der Waals surface area contributed by atoms with Crippen molar-refractivity contribution in [2.45, 2.75) is 25.2 Å². The van der Waals surface area contributed by atoms with E-state index >= 15 is 0 Å². The summed E-state index contributed by atoms with van der Waals surface area (Å²) in [6.07, 6.45) is 3.85. The van der Waals surface area contributed by atoms with Crippen LogP contribution in [0.2, 0.25) is 0 Å². The summed E-state index contributed by atoms with van der Waals surface area (Å²) >= 11 is 0. The smallest absolute Gasteiger partial charge is 0.137 e. The molecule has 1 saturated carbocycles. The molecular formula is C13H15N3O. The molecule has 2 N–H and O–H groups in total. The molecule has 0 aliphatic heterocycles. The average Bonchev–Trinajstić information content (AvgIpc) is 2.94. The van der Waals surface area contributed by atoms with Gasteiger partial charge in [-0.15, -0.1) is 0 Å². The van der Waals surface area contributed by atoms with Gasteiger partial charge >= 0.3 is 0 Å². The lowest BCUT2D eigenvalue weighted by Gasteiger charge is -2.12. The van der Waals surface area contributed by atoms with Gasteiger partial charge in [0.2, 0.25) is 0 Å². The highest BCUT2D eigenvalue weighted by Crippen LogP contribution is 2.46. The summed E-state index contributed by atoms with van der Waals surface area (Å²) in [6, 6.07) is 5.90. The van der Waals surface area contributed by atoms with Gasteiger partial charge in [-0.3, -0.25) is 0 Å². The maximum Gasteiger partial charge on any atom is 0.137 e. The van der Waals surface area contributed by atoms with Crippen molar-refractivity contribution in [3.8, 4) is 11.4 Å². The van der Waals surface area contributed by atoms with Crippen molar-refractivity contribution in [2.24, 2.45) is 0 Å². The van der Waals surface area contributed by atoms with Crippen LogP contribution in [-0.2, 0) is 5.41 Å². The van der Waals surface area contributed by atoms with Crippen LogP contribution in [0.15, 0.2) is 24.4 Å². The highest BCUT2D eigenvalue weighted by Gasteiger charge is 2.46. The first-order valence-corrected chi connectivity index (χ1v) is 5.84. The van der Waals surface area contributed by atoms with Gasteiger partial charge in [0.15, 0.2) is 0 Å². The van der Waals surface area contributed by atoms with Crippen LogP contribution in [0.25, 0.3) is 11.4 Å². The van der Waals surface area contributed by atoms with E-state index in [0.717, 1.165) is 35.7 Å². The van der Waals surface area contributed by atoms with Crippen LogP contribution < -0.4 is 0 Å². The standard InChI is InChI=1S/C13H15N3O/c1-9-7-11(10-3-2-6-14-10)16-12(15-9)13(8-17)4-5-13/h2-3,6-7,14,17H,4-5,8H2,1H3. The Hall–Kier alpha value is -1.68. The summed E-state index contributed by atoms with van der Waals surface area (Å²) in [5, 5.41) is 9.43. The fraction of sp³-hybridized carbons (Fsp3) is 0.385. The molecule has 0 atom stereocenters. The summed E-state index contributed by atoms with van der Waals surface area (Å²) < 4.78 is 0.